The summed E-state index contributed by atoms with van der Waals surface area (Å²) in [6.07, 6.45) is 0. The van der Waals surface area contributed by atoms with Gasteiger partial charge in [0.15, 0.2) is 11.5 Å². The molecule has 0 atom stereocenters. The minimum atomic E-state index is 0.613. The van der Waals surface area contributed by atoms with Crippen LogP contribution in [0.25, 0.3) is 0 Å². The Hall–Kier alpha value is -1.14. The summed E-state index contributed by atoms with van der Waals surface area (Å²) in [6.45, 7) is 3.28. The van der Waals surface area contributed by atoms with Crippen LogP contribution in [0.5, 0.6) is 11.5 Å². The monoisotopic (exact) mass is 417 g/mol. The van der Waals surface area contributed by atoms with Crippen molar-refractivity contribution in [2.75, 3.05) is 19.0 Å². The van der Waals surface area contributed by atoms with Crippen molar-refractivity contribution in [3.05, 3.63) is 50.6 Å². The molecule has 0 aliphatic heterocycles. The van der Waals surface area contributed by atoms with Gasteiger partial charge in [0.1, 0.15) is 0 Å². The van der Waals surface area contributed by atoms with E-state index < -0.39 is 0 Å². The van der Waals surface area contributed by atoms with Crippen LogP contribution in [-0.2, 0) is 6.54 Å². The third-order valence-corrected chi connectivity index (χ3v) is 4.07. The van der Waals surface area contributed by atoms with E-state index in [1.807, 2.05) is 43.3 Å². The summed E-state index contributed by atoms with van der Waals surface area (Å²) < 4.78 is 12.0. The van der Waals surface area contributed by atoms with Crippen LogP contribution in [0.15, 0.2) is 36.4 Å². The average Bonchev–Trinajstić information content (AvgIpc) is 2.47. The van der Waals surface area contributed by atoms with Crippen LogP contribution in [0.3, 0.4) is 0 Å². The van der Waals surface area contributed by atoms with E-state index in [9.17, 15) is 0 Å². The van der Waals surface area contributed by atoms with Gasteiger partial charge in [0.05, 0.1) is 13.7 Å². The standard InChI is InChI=1S/C16H17ClINO2/c1-3-21-16-8-11(4-7-15(16)20-2)10-19-14-6-5-12(17)9-13(14)18/h4-9,19H,3,10H2,1-2H3. The van der Waals surface area contributed by atoms with Crippen LogP contribution in [0, 0.1) is 3.57 Å². The Morgan fingerprint density at radius 2 is 1.95 bits per heavy atom. The second-order valence-electron chi connectivity index (χ2n) is 4.40. The zero-order chi connectivity index (χ0) is 15.2. The van der Waals surface area contributed by atoms with Crippen LogP contribution in [0.4, 0.5) is 5.69 Å². The third-order valence-electron chi connectivity index (χ3n) is 2.94. The highest BCUT2D eigenvalue weighted by Gasteiger charge is 2.06. The van der Waals surface area contributed by atoms with Gasteiger partial charge in [-0.15, -0.1) is 0 Å². The van der Waals surface area contributed by atoms with Gasteiger partial charge in [-0.25, -0.2) is 0 Å². The predicted octanol–water partition coefficient (Wildman–Crippen LogP) is 4.96. The van der Waals surface area contributed by atoms with Gasteiger partial charge in [0.25, 0.3) is 0 Å². The Labute approximate surface area is 143 Å². The lowest BCUT2D eigenvalue weighted by molar-refractivity contribution is 0.310. The fraction of sp³-hybridized carbons (Fsp3) is 0.250. The van der Waals surface area contributed by atoms with Crippen molar-refractivity contribution in [1.29, 1.82) is 0 Å². The van der Waals surface area contributed by atoms with Crippen molar-refractivity contribution in [2.45, 2.75) is 13.5 Å². The normalized spacial score (nSPS) is 10.3. The molecule has 5 heteroatoms. The lowest BCUT2D eigenvalue weighted by Crippen LogP contribution is -2.02. The maximum atomic E-state index is 5.96. The highest BCUT2D eigenvalue weighted by Crippen LogP contribution is 2.29. The molecule has 0 amide bonds. The first-order chi connectivity index (χ1) is 10.1. The molecule has 0 saturated heterocycles. The van der Waals surface area contributed by atoms with E-state index in [4.69, 9.17) is 21.1 Å². The van der Waals surface area contributed by atoms with Crippen molar-refractivity contribution in [2.24, 2.45) is 0 Å². The molecule has 2 aromatic rings. The van der Waals surface area contributed by atoms with Crippen molar-refractivity contribution < 1.29 is 9.47 Å². The van der Waals surface area contributed by atoms with E-state index >= 15 is 0 Å². The number of hydrogen-bond acceptors (Lipinski definition) is 3. The summed E-state index contributed by atoms with van der Waals surface area (Å²) >= 11 is 8.23. The summed E-state index contributed by atoms with van der Waals surface area (Å²) in [5.41, 5.74) is 2.19. The van der Waals surface area contributed by atoms with E-state index in [-0.39, 0.29) is 0 Å². The number of nitrogens with one attached hydrogen (secondary N) is 1. The Balaban J connectivity index is 2.10. The maximum absolute atomic E-state index is 5.96. The van der Waals surface area contributed by atoms with Crippen LogP contribution in [0.1, 0.15) is 12.5 Å². The summed E-state index contributed by atoms with van der Waals surface area (Å²) in [5, 5.41) is 4.14. The number of methoxy groups -OCH3 is 1. The minimum absolute atomic E-state index is 0.613. The largest absolute Gasteiger partial charge is 0.493 e. The average molecular weight is 418 g/mol. The fourth-order valence-electron chi connectivity index (χ4n) is 1.93. The van der Waals surface area contributed by atoms with Crippen molar-refractivity contribution in [1.82, 2.24) is 0 Å². The number of rotatable bonds is 6. The summed E-state index contributed by atoms with van der Waals surface area (Å²) in [7, 11) is 1.64. The fourth-order valence-corrected chi connectivity index (χ4v) is 2.99. The molecule has 2 rings (SSSR count). The molecule has 0 bridgehead atoms. The van der Waals surface area contributed by atoms with Gasteiger partial charge in [0, 0.05) is 20.8 Å². The number of anilines is 1. The van der Waals surface area contributed by atoms with Gasteiger partial charge in [-0.05, 0) is 65.4 Å². The molecular formula is C16H17ClINO2. The van der Waals surface area contributed by atoms with Crippen molar-refractivity contribution >= 4 is 39.9 Å². The van der Waals surface area contributed by atoms with Crippen LogP contribution in [-0.4, -0.2) is 13.7 Å². The van der Waals surface area contributed by atoms with Crippen molar-refractivity contribution in [3.8, 4) is 11.5 Å². The van der Waals surface area contributed by atoms with Gasteiger partial charge in [-0.1, -0.05) is 17.7 Å². The third kappa shape index (κ3) is 4.41. The molecular weight excluding hydrogens is 401 g/mol. The molecule has 21 heavy (non-hydrogen) atoms. The smallest absolute Gasteiger partial charge is 0.161 e. The van der Waals surface area contributed by atoms with Crippen LogP contribution in [0.2, 0.25) is 5.02 Å². The lowest BCUT2D eigenvalue weighted by atomic mass is 10.2. The summed E-state index contributed by atoms with van der Waals surface area (Å²) in [5.74, 6) is 1.52. The molecule has 0 spiro atoms. The second-order valence-corrected chi connectivity index (χ2v) is 5.99. The van der Waals surface area contributed by atoms with E-state index in [0.29, 0.717) is 13.2 Å². The van der Waals surface area contributed by atoms with Gasteiger partial charge >= 0.3 is 0 Å². The van der Waals surface area contributed by atoms with Gasteiger partial charge in [-0.2, -0.15) is 0 Å². The molecule has 112 valence electrons. The zero-order valence-electron chi connectivity index (χ0n) is 12.0. The second kappa shape index (κ2) is 7.75. The highest BCUT2D eigenvalue weighted by molar-refractivity contribution is 14.1. The van der Waals surface area contributed by atoms with Gasteiger partial charge in [0.2, 0.25) is 0 Å². The molecule has 0 fully saturated rings. The van der Waals surface area contributed by atoms with Gasteiger partial charge < -0.3 is 14.8 Å². The molecule has 0 saturated carbocycles. The lowest BCUT2D eigenvalue weighted by Gasteiger charge is -2.13. The van der Waals surface area contributed by atoms with Gasteiger partial charge in [-0.3, -0.25) is 0 Å². The Kier molecular flexibility index (Phi) is 5.99. The first kappa shape index (κ1) is 16.2. The first-order valence-electron chi connectivity index (χ1n) is 6.62. The quantitative estimate of drug-likeness (QED) is 0.674. The topological polar surface area (TPSA) is 30.5 Å². The van der Waals surface area contributed by atoms with Crippen LogP contribution >= 0.6 is 34.2 Å². The van der Waals surface area contributed by atoms with E-state index in [1.165, 1.54) is 0 Å². The van der Waals surface area contributed by atoms with E-state index in [1.54, 1.807) is 7.11 Å². The predicted molar refractivity (Wildman–Crippen MR) is 95.7 cm³/mol. The van der Waals surface area contributed by atoms with E-state index in [2.05, 4.69) is 27.9 Å². The number of halogens is 2. The first-order valence-corrected chi connectivity index (χ1v) is 8.08. The Bertz CT molecular complexity index is 619. The molecule has 1 N–H and O–H groups in total. The summed E-state index contributed by atoms with van der Waals surface area (Å²) in [6, 6.07) is 11.7. The molecule has 3 nitrogen and oxygen atoms in total. The molecule has 0 aliphatic rings. The number of hydrogen-bond donors (Lipinski definition) is 1. The minimum Gasteiger partial charge on any atom is -0.493 e. The highest BCUT2D eigenvalue weighted by atomic mass is 127. The maximum Gasteiger partial charge on any atom is 0.161 e. The van der Waals surface area contributed by atoms with Crippen molar-refractivity contribution in [3.63, 3.8) is 0 Å². The van der Waals surface area contributed by atoms with Crippen LogP contribution < -0.4 is 14.8 Å². The Morgan fingerprint density at radius 1 is 1.14 bits per heavy atom. The number of benzene rings is 2. The SMILES string of the molecule is CCOc1cc(CNc2ccc(Cl)cc2I)ccc1OC. The molecule has 0 heterocycles. The summed E-state index contributed by atoms with van der Waals surface area (Å²) in [4.78, 5) is 0. The molecule has 0 aromatic heterocycles. The Morgan fingerprint density at radius 3 is 2.62 bits per heavy atom. The molecule has 0 unspecified atom stereocenters. The van der Waals surface area contributed by atoms with E-state index in [0.717, 1.165) is 31.3 Å². The number of ether oxygens (including phenoxy) is 2. The molecule has 2 aromatic carbocycles. The zero-order valence-corrected chi connectivity index (χ0v) is 14.9. The molecule has 0 radical (unpaired) electrons. The molecule has 0 aliphatic carbocycles.